The predicted molar refractivity (Wildman–Crippen MR) is 135 cm³/mol. The molecule has 4 rings (SSSR count). The lowest BCUT2D eigenvalue weighted by molar-refractivity contribution is 0.0952. The Balaban J connectivity index is 1.62. The van der Waals surface area contributed by atoms with Gasteiger partial charge in [-0.05, 0) is 47.2 Å². The molecular weight excluding hydrogens is 406 g/mol. The van der Waals surface area contributed by atoms with Crippen LogP contribution in [0.25, 0.3) is 5.69 Å². The lowest BCUT2D eigenvalue weighted by atomic mass is 9.87. The fourth-order valence-corrected chi connectivity index (χ4v) is 4.02. The number of carbonyl (C=O) groups excluding carboxylic acids is 1. The van der Waals surface area contributed by atoms with Crippen molar-refractivity contribution in [2.75, 3.05) is 11.9 Å². The van der Waals surface area contributed by atoms with Crippen molar-refractivity contribution in [1.29, 1.82) is 0 Å². The molecule has 0 aliphatic carbocycles. The van der Waals surface area contributed by atoms with Gasteiger partial charge in [0.05, 0.1) is 11.6 Å². The summed E-state index contributed by atoms with van der Waals surface area (Å²) in [5.41, 5.74) is 5.42. The number of hydrogen-bond donors (Lipinski definition) is 1. The Morgan fingerprint density at radius 3 is 2.27 bits per heavy atom. The van der Waals surface area contributed by atoms with Crippen LogP contribution in [0.5, 0.6) is 0 Å². The molecule has 0 radical (unpaired) electrons. The van der Waals surface area contributed by atoms with Gasteiger partial charge < -0.3 is 5.32 Å². The molecule has 1 aromatic heterocycles. The Morgan fingerprint density at radius 2 is 1.61 bits per heavy atom. The van der Waals surface area contributed by atoms with Crippen LogP contribution in [-0.4, -0.2) is 21.9 Å². The average molecular weight is 438 g/mol. The molecule has 4 nitrogen and oxygen atoms in total. The molecule has 4 heteroatoms. The van der Waals surface area contributed by atoms with Crippen LogP contribution in [0.1, 0.15) is 54.0 Å². The molecule has 0 aliphatic heterocycles. The number of aryl methyl sites for hydroxylation is 1. The van der Waals surface area contributed by atoms with Crippen LogP contribution < -0.4 is 5.32 Å². The summed E-state index contributed by atoms with van der Waals surface area (Å²) in [6.45, 7) is 9.14. The summed E-state index contributed by atoms with van der Waals surface area (Å²) in [7, 11) is 0. The topological polar surface area (TPSA) is 46.9 Å². The Kier molecular flexibility index (Phi) is 6.45. The smallest absolute Gasteiger partial charge is 0.207 e. The average Bonchev–Trinajstić information content (AvgIpc) is 3.29. The van der Waals surface area contributed by atoms with Gasteiger partial charge in [0.15, 0.2) is 5.82 Å². The Hall–Kier alpha value is -3.66. The van der Waals surface area contributed by atoms with Crippen LogP contribution in [0.2, 0.25) is 0 Å². The molecule has 3 aromatic carbocycles. The van der Waals surface area contributed by atoms with Crippen LogP contribution in [0.3, 0.4) is 0 Å². The molecule has 0 bridgehead atoms. The lowest BCUT2D eigenvalue weighted by Crippen LogP contribution is -2.24. The molecule has 1 N–H and O–H groups in total. The van der Waals surface area contributed by atoms with Gasteiger partial charge in [0, 0.05) is 24.6 Å². The van der Waals surface area contributed by atoms with Crippen LogP contribution >= 0.6 is 0 Å². The molecule has 0 amide bonds. The number of nitrogens with one attached hydrogen (secondary N) is 1. The van der Waals surface area contributed by atoms with Gasteiger partial charge in [0.2, 0.25) is 5.78 Å². The SMILES string of the molecule is Cc1ccccc1-n1ccnc1C(=O)[C@H](CNc1ccc(C(C)(C)C)cc1)c1ccccc1. The molecule has 4 aromatic rings. The highest BCUT2D eigenvalue weighted by Crippen LogP contribution is 2.26. The van der Waals surface area contributed by atoms with Gasteiger partial charge in [-0.25, -0.2) is 4.98 Å². The number of ketones is 1. The number of para-hydroxylation sites is 1. The molecule has 0 unspecified atom stereocenters. The quantitative estimate of drug-likeness (QED) is 0.333. The number of Topliss-reactive ketones (excluding diaryl/α,β-unsaturated/α-hetero) is 1. The highest BCUT2D eigenvalue weighted by atomic mass is 16.1. The molecule has 0 saturated carbocycles. The summed E-state index contributed by atoms with van der Waals surface area (Å²) in [4.78, 5) is 18.3. The molecule has 1 heterocycles. The van der Waals surface area contributed by atoms with Crippen molar-refractivity contribution >= 4 is 11.5 Å². The van der Waals surface area contributed by atoms with E-state index in [4.69, 9.17) is 0 Å². The highest BCUT2D eigenvalue weighted by Gasteiger charge is 2.26. The second-order valence-electron chi connectivity index (χ2n) is 9.44. The maximum Gasteiger partial charge on any atom is 0.207 e. The van der Waals surface area contributed by atoms with Gasteiger partial charge in [-0.3, -0.25) is 9.36 Å². The number of anilines is 1. The van der Waals surface area contributed by atoms with Gasteiger partial charge >= 0.3 is 0 Å². The zero-order valence-electron chi connectivity index (χ0n) is 19.7. The normalized spacial score (nSPS) is 12.4. The van der Waals surface area contributed by atoms with Crippen molar-refractivity contribution in [1.82, 2.24) is 9.55 Å². The van der Waals surface area contributed by atoms with Crippen molar-refractivity contribution in [2.45, 2.75) is 39.0 Å². The van der Waals surface area contributed by atoms with Crippen LogP contribution in [-0.2, 0) is 5.41 Å². The molecule has 0 saturated heterocycles. The first-order valence-corrected chi connectivity index (χ1v) is 11.4. The van der Waals surface area contributed by atoms with Crippen molar-refractivity contribution in [3.05, 3.63) is 114 Å². The number of aromatic nitrogens is 2. The highest BCUT2D eigenvalue weighted by molar-refractivity contribution is 5.99. The number of rotatable bonds is 7. The van der Waals surface area contributed by atoms with Crippen molar-refractivity contribution in [3.63, 3.8) is 0 Å². The first-order valence-electron chi connectivity index (χ1n) is 11.4. The number of nitrogens with zero attached hydrogens (tertiary/aromatic N) is 2. The van der Waals surface area contributed by atoms with Gasteiger partial charge in [-0.1, -0.05) is 81.4 Å². The van der Waals surface area contributed by atoms with Crippen molar-refractivity contribution in [2.24, 2.45) is 0 Å². The molecule has 168 valence electrons. The van der Waals surface area contributed by atoms with E-state index in [9.17, 15) is 4.79 Å². The number of imidazole rings is 1. The molecule has 1 atom stereocenters. The van der Waals surface area contributed by atoms with Crippen LogP contribution in [0.4, 0.5) is 5.69 Å². The minimum absolute atomic E-state index is 0.00624. The fraction of sp³-hybridized carbons (Fsp3) is 0.241. The van der Waals surface area contributed by atoms with Crippen molar-refractivity contribution in [3.8, 4) is 5.69 Å². The third-order valence-electron chi connectivity index (χ3n) is 6.02. The zero-order chi connectivity index (χ0) is 23.4. The van der Waals surface area contributed by atoms with Crippen molar-refractivity contribution < 1.29 is 4.79 Å². The molecule has 0 spiro atoms. The van der Waals surface area contributed by atoms with Crippen LogP contribution in [0.15, 0.2) is 91.3 Å². The van der Waals surface area contributed by atoms with E-state index in [-0.39, 0.29) is 17.1 Å². The van der Waals surface area contributed by atoms with E-state index in [0.717, 1.165) is 22.5 Å². The van der Waals surface area contributed by atoms with E-state index in [2.05, 4.69) is 55.3 Å². The van der Waals surface area contributed by atoms with Gasteiger partial charge in [0.25, 0.3) is 0 Å². The number of benzene rings is 3. The maximum absolute atomic E-state index is 13.8. The first-order chi connectivity index (χ1) is 15.8. The summed E-state index contributed by atoms with van der Waals surface area (Å²) in [6.07, 6.45) is 3.55. The zero-order valence-corrected chi connectivity index (χ0v) is 19.7. The molecule has 0 aliphatic rings. The van der Waals surface area contributed by atoms with E-state index < -0.39 is 0 Å². The fourth-order valence-electron chi connectivity index (χ4n) is 4.02. The third kappa shape index (κ3) is 5.06. The Bertz CT molecular complexity index is 1220. The second-order valence-corrected chi connectivity index (χ2v) is 9.44. The summed E-state index contributed by atoms with van der Waals surface area (Å²) < 4.78 is 1.89. The van der Waals surface area contributed by atoms with E-state index in [1.54, 1.807) is 6.20 Å². The molecule has 33 heavy (non-hydrogen) atoms. The standard InChI is InChI=1S/C29H31N3O/c1-21-10-8-9-13-26(21)32-19-18-30-28(32)27(33)25(22-11-6-5-7-12-22)20-31-24-16-14-23(15-17-24)29(2,3)4/h5-19,25,31H,20H2,1-4H3/t25-/m1/s1. The largest absolute Gasteiger partial charge is 0.384 e. The summed E-state index contributed by atoms with van der Waals surface area (Å²) in [5, 5.41) is 3.48. The third-order valence-corrected chi connectivity index (χ3v) is 6.02. The van der Waals surface area contributed by atoms with E-state index in [0.29, 0.717) is 12.4 Å². The maximum atomic E-state index is 13.8. The van der Waals surface area contributed by atoms with E-state index in [1.165, 1.54) is 5.56 Å². The number of carbonyl (C=O) groups is 1. The van der Waals surface area contributed by atoms with Crippen LogP contribution in [0, 0.1) is 6.92 Å². The summed E-state index contributed by atoms with van der Waals surface area (Å²) in [5.74, 6) is 0.0787. The predicted octanol–water partition coefficient (Wildman–Crippen LogP) is 6.56. The lowest BCUT2D eigenvalue weighted by Gasteiger charge is -2.21. The minimum Gasteiger partial charge on any atom is -0.384 e. The van der Waals surface area contributed by atoms with E-state index >= 15 is 0 Å². The summed E-state index contributed by atoms with van der Waals surface area (Å²) in [6, 6.07) is 26.4. The van der Waals surface area contributed by atoms with Gasteiger partial charge in [0.1, 0.15) is 0 Å². The second kappa shape index (κ2) is 9.45. The number of hydrogen-bond acceptors (Lipinski definition) is 3. The Labute approximate surface area is 196 Å². The summed E-state index contributed by atoms with van der Waals surface area (Å²) >= 11 is 0. The van der Waals surface area contributed by atoms with Gasteiger partial charge in [-0.15, -0.1) is 0 Å². The van der Waals surface area contributed by atoms with Gasteiger partial charge in [-0.2, -0.15) is 0 Å². The first kappa shape index (κ1) is 22.5. The minimum atomic E-state index is -0.362. The Morgan fingerprint density at radius 1 is 0.939 bits per heavy atom. The molecule has 0 fully saturated rings. The molecular formula is C29H31N3O. The monoisotopic (exact) mass is 437 g/mol. The van der Waals surface area contributed by atoms with E-state index in [1.807, 2.05) is 72.3 Å².